The average Bonchev–Trinajstić information content (AvgIpc) is 3.61. The van der Waals surface area contributed by atoms with Crippen molar-refractivity contribution in [2.24, 2.45) is 10.8 Å². The van der Waals surface area contributed by atoms with Gasteiger partial charge in [-0.25, -0.2) is 9.59 Å². The van der Waals surface area contributed by atoms with Crippen molar-refractivity contribution in [1.29, 1.82) is 0 Å². The van der Waals surface area contributed by atoms with Crippen molar-refractivity contribution < 1.29 is 27.9 Å². The fourth-order valence-electron chi connectivity index (χ4n) is 5.55. The van der Waals surface area contributed by atoms with E-state index in [0.717, 1.165) is 32.5 Å². The number of carbonyl (C=O) groups is 2. The van der Waals surface area contributed by atoms with Crippen molar-refractivity contribution in [3.63, 3.8) is 0 Å². The van der Waals surface area contributed by atoms with Gasteiger partial charge < -0.3 is 33.9 Å². The first-order valence-corrected chi connectivity index (χ1v) is 16.5. The SMILES string of the molecule is CCO[SiH2]C(C)CN(CC(C)[SiH2]OCC)C(=O)NCC1(C)CC(NC(=O)OCC2CO2)CC(C)(C)C1. The Kier molecular flexibility index (Phi) is 12.7. The van der Waals surface area contributed by atoms with Crippen LogP contribution in [0.4, 0.5) is 9.59 Å². The molecule has 0 radical (unpaired) electrons. The smallest absolute Gasteiger partial charge is 0.407 e. The Bertz CT molecular complexity index is 681. The second-order valence-electron chi connectivity index (χ2n) is 12.0. The topological polar surface area (TPSA) is 102 Å². The largest absolute Gasteiger partial charge is 0.447 e. The molecule has 1 saturated heterocycles. The van der Waals surface area contributed by atoms with E-state index in [9.17, 15) is 9.59 Å². The molecule has 3 amide bonds. The van der Waals surface area contributed by atoms with Gasteiger partial charge in [0.15, 0.2) is 19.5 Å². The highest BCUT2D eigenvalue weighted by atomic mass is 28.2. The highest BCUT2D eigenvalue weighted by Crippen LogP contribution is 2.45. The van der Waals surface area contributed by atoms with Crippen LogP contribution in [0.1, 0.15) is 67.7 Å². The minimum Gasteiger partial charge on any atom is -0.447 e. The van der Waals surface area contributed by atoms with E-state index >= 15 is 0 Å². The molecular formula is C25H51N3O6Si2. The molecule has 1 aliphatic heterocycles. The molecule has 1 saturated carbocycles. The molecule has 2 N–H and O–H groups in total. The zero-order valence-electron chi connectivity index (χ0n) is 23.7. The van der Waals surface area contributed by atoms with Crippen LogP contribution in [-0.2, 0) is 18.3 Å². The monoisotopic (exact) mass is 545 g/mol. The number of hydrogen-bond donors (Lipinski definition) is 2. The lowest BCUT2D eigenvalue weighted by atomic mass is 9.62. The van der Waals surface area contributed by atoms with Crippen molar-refractivity contribution >= 4 is 31.7 Å². The average molecular weight is 546 g/mol. The van der Waals surface area contributed by atoms with Gasteiger partial charge in [0.1, 0.15) is 12.7 Å². The molecule has 0 spiro atoms. The van der Waals surface area contributed by atoms with E-state index in [2.05, 4.69) is 45.3 Å². The molecule has 0 bridgehead atoms. The maximum atomic E-state index is 13.4. The van der Waals surface area contributed by atoms with Gasteiger partial charge in [-0.15, -0.1) is 0 Å². The summed E-state index contributed by atoms with van der Waals surface area (Å²) in [6, 6.07) is -0.00328. The molecule has 2 rings (SSSR count). The summed E-state index contributed by atoms with van der Waals surface area (Å²) in [5.74, 6) is 0. The summed E-state index contributed by atoms with van der Waals surface area (Å²) >= 11 is 0. The summed E-state index contributed by atoms with van der Waals surface area (Å²) < 4.78 is 21.9. The standard InChI is InChI=1S/C25H51N3O6Si2/c1-8-33-35-18(3)12-28(13-19(4)36-34-9-2)22(29)26-17-25(7)11-20(10-24(5,6)16-25)27-23(30)32-15-21-14-31-21/h18-21H,8-17,35-36H2,1-7H3,(H,26,29)(H,27,30). The molecule has 2 aliphatic rings. The molecule has 11 heteroatoms. The fraction of sp³-hybridized carbons (Fsp3) is 0.920. The number of rotatable bonds is 15. The number of nitrogens with zero attached hydrogens (tertiary/aromatic N) is 1. The summed E-state index contributed by atoms with van der Waals surface area (Å²) in [6.07, 6.45) is 2.33. The van der Waals surface area contributed by atoms with Gasteiger partial charge in [0.25, 0.3) is 0 Å². The first kappa shape index (κ1) is 31.1. The van der Waals surface area contributed by atoms with Crippen LogP contribution < -0.4 is 10.6 Å². The maximum absolute atomic E-state index is 13.4. The lowest BCUT2D eigenvalue weighted by Gasteiger charge is -2.47. The van der Waals surface area contributed by atoms with Crippen LogP contribution in [0.5, 0.6) is 0 Å². The van der Waals surface area contributed by atoms with E-state index in [4.69, 9.17) is 18.3 Å². The Morgan fingerprint density at radius 3 is 2.17 bits per heavy atom. The van der Waals surface area contributed by atoms with Crippen molar-refractivity contribution in [1.82, 2.24) is 15.5 Å². The van der Waals surface area contributed by atoms with Crippen LogP contribution in [0, 0.1) is 10.8 Å². The number of nitrogens with one attached hydrogen (secondary N) is 2. The normalized spacial score (nSPS) is 27.2. The predicted molar refractivity (Wildman–Crippen MR) is 148 cm³/mol. The van der Waals surface area contributed by atoms with Crippen LogP contribution in [0.3, 0.4) is 0 Å². The van der Waals surface area contributed by atoms with Crippen LogP contribution in [0.15, 0.2) is 0 Å². The number of ether oxygens (including phenoxy) is 2. The predicted octanol–water partition coefficient (Wildman–Crippen LogP) is 2.57. The highest BCUT2D eigenvalue weighted by molar-refractivity contribution is 6.30. The number of epoxide rings is 1. The first-order chi connectivity index (χ1) is 16.9. The molecule has 9 nitrogen and oxygen atoms in total. The van der Waals surface area contributed by atoms with Gasteiger partial charge in [-0.1, -0.05) is 34.6 Å². The number of amides is 3. The fourth-order valence-corrected chi connectivity index (χ4v) is 7.66. The Balaban J connectivity index is 1.96. The lowest BCUT2D eigenvalue weighted by Crippen LogP contribution is -2.52. The summed E-state index contributed by atoms with van der Waals surface area (Å²) in [7, 11) is -1.35. The highest BCUT2D eigenvalue weighted by Gasteiger charge is 2.42. The summed E-state index contributed by atoms with van der Waals surface area (Å²) in [5, 5.41) is 6.31. The van der Waals surface area contributed by atoms with E-state index in [1.54, 1.807) is 0 Å². The molecule has 1 heterocycles. The van der Waals surface area contributed by atoms with Crippen molar-refractivity contribution in [2.45, 2.75) is 91.0 Å². The third-order valence-electron chi connectivity index (χ3n) is 6.80. The number of alkyl carbamates (subject to hydrolysis) is 1. The van der Waals surface area contributed by atoms with Gasteiger partial charge in [-0.2, -0.15) is 0 Å². The maximum Gasteiger partial charge on any atom is 0.407 e. The van der Waals surface area contributed by atoms with Gasteiger partial charge in [0.2, 0.25) is 0 Å². The second-order valence-corrected chi connectivity index (χ2v) is 16.3. The van der Waals surface area contributed by atoms with Gasteiger partial charge >= 0.3 is 12.1 Å². The van der Waals surface area contributed by atoms with E-state index in [1.165, 1.54) is 0 Å². The van der Waals surface area contributed by atoms with E-state index in [-0.39, 0.29) is 35.1 Å². The third-order valence-corrected chi connectivity index (χ3v) is 9.74. The third kappa shape index (κ3) is 11.9. The van der Waals surface area contributed by atoms with Crippen molar-refractivity contribution in [3.8, 4) is 0 Å². The van der Waals surface area contributed by atoms with E-state index < -0.39 is 19.5 Å². The lowest BCUT2D eigenvalue weighted by molar-refractivity contribution is 0.0643. The van der Waals surface area contributed by atoms with E-state index in [0.29, 0.717) is 43.9 Å². The molecule has 210 valence electrons. The molecule has 36 heavy (non-hydrogen) atoms. The van der Waals surface area contributed by atoms with Crippen LogP contribution in [-0.4, -0.2) is 94.8 Å². The molecule has 0 aromatic rings. The zero-order chi connectivity index (χ0) is 26.8. The van der Waals surface area contributed by atoms with Gasteiger partial charge in [0, 0.05) is 38.9 Å². The summed E-state index contributed by atoms with van der Waals surface area (Å²) in [6.45, 7) is 19.5. The van der Waals surface area contributed by atoms with Gasteiger partial charge in [-0.05, 0) is 55.0 Å². The van der Waals surface area contributed by atoms with Crippen LogP contribution in [0.25, 0.3) is 0 Å². The quantitative estimate of drug-likeness (QED) is 0.242. The molecule has 2 fully saturated rings. The van der Waals surface area contributed by atoms with Crippen LogP contribution in [0.2, 0.25) is 11.1 Å². The minimum absolute atomic E-state index is 0.00815. The van der Waals surface area contributed by atoms with Gasteiger partial charge in [-0.3, -0.25) is 0 Å². The Labute approximate surface area is 223 Å². The van der Waals surface area contributed by atoms with Crippen molar-refractivity contribution in [2.75, 3.05) is 46.1 Å². The molecule has 1 aliphatic carbocycles. The first-order valence-electron chi connectivity index (χ1n) is 13.7. The van der Waals surface area contributed by atoms with Gasteiger partial charge in [0.05, 0.1) is 6.61 Å². The molecule has 5 atom stereocenters. The molecule has 5 unspecified atom stereocenters. The Morgan fingerprint density at radius 2 is 1.64 bits per heavy atom. The minimum atomic E-state index is -0.674. The second kappa shape index (κ2) is 14.7. The molecule has 0 aromatic carbocycles. The Hall–Kier alpha value is -1.15. The number of carbonyl (C=O) groups excluding carboxylic acids is 2. The molecular weight excluding hydrogens is 494 g/mol. The zero-order valence-corrected chi connectivity index (χ0v) is 26.5. The van der Waals surface area contributed by atoms with Crippen LogP contribution >= 0.6 is 0 Å². The Morgan fingerprint density at radius 1 is 1.06 bits per heavy atom. The van der Waals surface area contributed by atoms with Crippen molar-refractivity contribution in [3.05, 3.63) is 0 Å². The van der Waals surface area contributed by atoms with E-state index in [1.807, 2.05) is 18.7 Å². The number of hydrogen-bond acceptors (Lipinski definition) is 6. The number of urea groups is 1. The molecule has 0 aromatic heterocycles. The summed E-state index contributed by atoms with van der Waals surface area (Å²) in [4.78, 5) is 27.7. The summed E-state index contributed by atoms with van der Waals surface area (Å²) in [5.41, 5.74) is 0.699.